The number of carbonyl (C=O) groups excluding carboxylic acids is 1. The lowest BCUT2D eigenvalue weighted by Crippen LogP contribution is -2.51. The van der Waals surface area contributed by atoms with Gasteiger partial charge in [-0.2, -0.15) is 5.10 Å². The van der Waals surface area contributed by atoms with Gasteiger partial charge in [-0.25, -0.2) is 0 Å². The van der Waals surface area contributed by atoms with E-state index in [2.05, 4.69) is 10.00 Å². The van der Waals surface area contributed by atoms with Gasteiger partial charge in [0, 0.05) is 17.8 Å². The normalized spacial score (nSPS) is 36.2. The van der Waals surface area contributed by atoms with Crippen LogP contribution in [0.2, 0.25) is 0 Å². The Morgan fingerprint density at radius 1 is 0.931 bits per heavy atom. The highest BCUT2D eigenvalue weighted by atomic mass is 16.2. The number of rotatable bonds is 4. The second-order valence-electron chi connectivity index (χ2n) is 11.3. The minimum Gasteiger partial charge on any atom is -0.350 e. The third-order valence-corrected chi connectivity index (χ3v) is 9.13. The fourth-order valence-electron chi connectivity index (χ4n) is 7.95. The van der Waals surface area contributed by atoms with Crippen LogP contribution in [-0.4, -0.2) is 22.2 Å². The number of carbonyl (C=O) groups is 1. The standard InChI is InChI=1S/C25H37N3O/c29-24(26-16-25-13-17-10-18(14-25)12-19(11-17)15-25)23-21-8-3-1-2-4-9-22(21)28(27-23)20-6-5-7-20/h17-20H,1-16H2,(H,26,29). The molecule has 1 aromatic heterocycles. The summed E-state index contributed by atoms with van der Waals surface area (Å²) >= 11 is 0. The van der Waals surface area contributed by atoms with Crippen molar-refractivity contribution in [2.24, 2.45) is 23.2 Å². The van der Waals surface area contributed by atoms with Gasteiger partial charge < -0.3 is 5.32 Å². The SMILES string of the molecule is O=C(NCC12CC3CC(CC(C3)C1)C2)c1nn(C2CCC2)c2c1CCCCCC2. The van der Waals surface area contributed by atoms with Crippen LogP contribution in [0.4, 0.5) is 0 Å². The van der Waals surface area contributed by atoms with Crippen molar-refractivity contribution < 1.29 is 4.79 Å². The minimum atomic E-state index is 0.121. The van der Waals surface area contributed by atoms with E-state index >= 15 is 0 Å². The van der Waals surface area contributed by atoms with E-state index in [-0.39, 0.29) is 5.91 Å². The Hall–Kier alpha value is -1.32. The molecule has 6 aliphatic rings. The number of aromatic nitrogens is 2. The van der Waals surface area contributed by atoms with Gasteiger partial charge in [0.2, 0.25) is 0 Å². The number of nitrogens with zero attached hydrogens (tertiary/aromatic N) is 2. The first-order valence-corrected chi connectivity index (χ1v) is 12.6. The number of hydrogen-bond acceptors (Lipinski definition) is 2. The van der Waals surface area contributed by atoms with E-state index in [1.165, 1.54) is 94.7 Å². The fourth-order valence-corrected chi connectivity index (χ4v) is 7.95. The second kappa shape index (κ2) is 7.13. The van der Waals surface area contributed by atoms with Crippen LogP contribution in [0.25, 0.3) is 0 Å². The van der Waals surface area contributed by atoms with Crippen LogP contribution in [0.1, 0.15) is 111 Å². The average Bonchev–Trinajstić information content (AvgIpc) is 2.94. The van der Waals surface area contributed by atoms with E-state index in [0.29, 0.717) is 11.5 Å². The van der Waals surface area contributed by atoms with Crippen molar-refractivity contribution in [3.05, 3.63) is 17.0 Å². The highest BCUT2D eigenvalue weighted by Crippen LogP contribution is 2.59. The summed E-state index contributed by atoms with van der Waals surface area (Å²) in [6, 6.07) is 0.549. The number of nitrogens with one attached hydrogen (secondary N) is 1. The Morgan fingerprint density at radius 3 is 2.21 bits per heavy atom. The summed E-state index contributed by atoms with van der Waals surface area (Å²) in [6.45, 7) is 0.889. The first kappa shape index (κ1) is 18.4. The van der Waals surface area contributed by atoms with Crippen LogP contribution in [0.5, 0.6) is 0 Å². The highest BCUT2D eigenvalue weighted by Gasteiger charge is 2.50. The van der Waals surface area contributed by atoms with Crippen molar-refractivity contribution in [3.63, 3.8) is 0 Å². The summed E-state index contributed by atoms with van der Waals surface area (Å²) in [5, 5.41) is 8.38. The van der Waals surface area contributed by atoms with Crippen LogP contribution in [0.15, 0.2) is 0 Å². The Kier molecular flexibility index (Phi) is 4.54. The second-order valence-corrected chi connectivity index (χ2v) is 11.3. The smallest absolute Gasteiger partial charge is 0.272 e. The summed E-state index contributed by atoms with van der Waals surface area (Å²) in [5.41, 5.74) is 3.86. The molecule has 0 aliphatic heterocycles. The molecule has 1 amide bonds. The third-order valence-electron chi connectivity index (χ3n) is 9.13. The molecular formula is C25H37N3O. The topological polar surface area (TPSA) is 46.9 Å². The molecule has 4 bridgehead atoms. The summed E-state index contributed by atoms with van der Waals surface area (Å²) in [6.07, 6.45) is 19.5. The van der Waals surface area contributed by atoms with Crippen LogP contribution in [-0.2, 0) is 12.8 Å². The molecule has 158 valence electrons. The Morgan fingerprint density at radius 2 is 1.59 bits per heavy atom. The molecule has 7 rings (SSSR count). The van der Waals surface area contributed by atoms with Crippen molar-refractivity contribution in [1.29, 1.82) is 0 Å². The van der Waals surface area contributed by atoms with Crippen molar-refractivity contribution >= 4 is 5.91 Å². The molecule has 0 atom stereocenters. The van der Waals surface area contributed by atoms with Gasteiger partial charge in [-0.15, -0.1) is 0 Å². The Bertz CT molecular complexity index is 755. The highest BCUT2D eigenvalue weighted by molar-refractivity contribution is 5.94. The first-order chi connectivity index (χ1) is 14.2. The van der Waals surface area contributed by atoms with Crippen LogP contribution in [0, 0.1) is 23.2 Å². The molecule has 1 heterocycles. The summed E-state index contributed by atoms with van der Waals surface area (Å²) in [7, 11) is 0. The lowest BCUT2D eigenvalue weighted by molar-refractivity contribution is -0.0503. The molecule has 0 aromatic carbocycles. The Balaban J connectivity index is 1.22. The zero-order valence-electron chi connectivity index (χ0n) is 17.9. The van der Waals surface area contributed by atoms with E-state index in [4.69, 9.17) is 5.10 Å². The van der Waals surface area contributed by atoms with Gasteiger partial charge in [0.05, 0.1) is 6.04 Å². The molecule has 0 radical (unpaired) electrons. The quantitative estimate of drug-likeness (QED) is 0.760. The van der Waals surface area contributed by atoms with Gasteiger partial charge in [0.25, 0.3) is 5.91 Å². The minimum absolute atomic E-state index is 0.121. The lowest BCUT2D eigenvalue weighted by atomic mass is 9.49. The molecule has 5 saturated carbocycles. The largest absolute Gasteiger partial charge is 0.350 e. The molecule has 4 nitrogen and oxygen atoms in total. The molecule has 0 saturated heterocycles. The molecule has 4 heteroatoms. The Labute approximate surface area is 175 Å². The maximum Gasteiger partial charge on any atom is 0.272 e. The van der Waals surface area contributed by atoms with Gasteiger partial charge >= 0.3 is 0 Å². The third kappa shape index (κ3) is 3.25. The predicted molar refractivity (Wildman–Crippen MR) is 114 cm³/mol. The van der Waals surface area contributed by atoms with Gasteiger partial charge in [-0.1, -0.05) is 12.8 Å². The van der Waals surface area contributed by atoms with Gasteiger partial charge in [-0.3, -0.25) is 9.48 Å². The lowest BCUT2D eigenvalue weighted by Gasteiger charge is -2.56. The molecule has 1 N–H and O–H groups in total. The molecule has 0 spiro atoms. The predicted octanol–water partition coefficient (Wildman–Crippen LogP) is 5.21. The van der Waals surface area contributed by atoms with Gasteiger partial charge in [-0.05, 0) is 107 Å². The molecule has 6 aliphatic carbocycles. The fraction of sp³-hybridized carbons (Fsp3) is 0.840. The van der Waals surface area contributed by atoms with Crippen LogP contribution >= 0.6 is 0 Å². The first-order valence-electron chi connectivity index (χ1n) is 12.6. The zero-order valence-corrected chi connectivity index (χ0v) is 17.9. The number of hydrogen-bond donors (Lipinski definition) is 1. The molecular weight excluding hydrogens is 358 g/mol. The maximum atomic E-state index is 13.4. The average molecular weight is 396 g/mol. The number of fused-ring (bicyclic) bond motifs is 1. The van der Waals surface area contributed by atoms with E-state index < -0.39 is 0 Å². The summed E-state index contributed by atoms with van der Waals surface area (Å²) < 4.78 is 2.28. The van der Waals surface area contributed by atoms with E-state index in [1.807, 2.05) is 0 Å². The molecule has 1 aromatic rings. The van der Waals surface area contributed by atoms with Crippen molar-refractivity contribution in [1.82, 2.24) is 15.1 Å². The molecule has 0 unspecified atom stereocenters. The van der Waals surface area contributed by atoms with Crippen molar-refractivity contribution in [2.45, 2.75) is 102 Å². The van der Waals surface area contributed by atoms with E-state index in [9.17, 15) is 4.79 Å². The van der Waals surface area contributed by atoms with Crippen molar-refractivity contribution in [2.75, 3.05) is 6.54 Å². The van der Waals surface area contributed by atoms with Gasteiger partial charge in [0.1, 0.15) is 0 Å². The van der Waals surface area contributed by atoms with E-state index in [1.54, 1.807) is 0 Å². The molecule has 5 fully saturated rings. The van der Waals surface area contributed by atoms with Crippen molar-refractivity contribution in [3.8, 4) is 0 Å². The van der Waals surface area contributed by atoms with E-state index in [0.717, 1.165) is 42.8 Å². The summed E-state index contributed by atoms with van der Waals surface area (Å²) in [4.78, 5) is 13.4. The van der Waals surface area contributed by atoms with Gasteiger partial charge in [0.15, 0.2) is 5.69 Å². The van der Waals surface area contributed by atoms with Crippen LogP contribution in [0.3, 0.4) is 0 Å². The number of amides is 1. The zero-order chi connectivity index (χ0) is 19.4. The van der Waals surface area contributed by atoms with Crippen LogP contribution < -0.4 is 5.32 Å². The summed E-state index contributed by atoms with van der Waals surface area (Å²) in [5.74, 6) is 2.94. The maximum absolute atomic E-state index is 13.4. The molecule has 29 heavy (non-hydrogen) atoms. The monoisotopic (exact) mass is 395 g/mol.